The Balaban J connectivity index is 0.000000114. The van der Waals surface area contributed by atoms with Crippen LogP contribution in [0.1, 0.15) is 136 Å². The first-order chi connectivity index (χ1) is 36.7. The Hall–Kier alpha value is -3.23. The van der Waals surface area contributed by atoms with E-state index in [1.165, 1.54) is 86.5 Å². The fraction of sp³-hybridized carbons (Fsp3) is 0.639. The van der Waals surface area contributed by atoms with Gasteiger partial charge in [0.05, 0.1) is 16.6 Å². The lowest BCUT2D eigenvalue weighted by Gasteiger charge is -2.54. The summed E-state index contributed by atoms with van der Waals surface area (Å²) in [5.41, 5.74) is 7.16. The first kappa shape index (κ1) is 52.2. The van der Waals surface area contributed by atoms with Crippen LogP contribution in [-0.4, -0.2) is 119 Å². The van der Waals surface area contributed by atoms with E-state index in [2.05, 4.69) is 81.0 Å². The summed E-state index contributed by atoms with van der Waals surface area (Å²) in [6.45, 7) is 6.13. The van der Waals surface area contributed by atoms with Crippen molar-refractivity contribution in [1.82, 2.24) is 40.4 Å². The molecule has 8 saturated carbocycles. The lowest BCUT2D eigenvalue weighted by atomic mass is 9.54. The second-order valence-electron chi connectivity index (χ2n) is 25.8. The van der Waals surface area contributed by atoms with Crippen LogP contribution in [0.4, 0.5) is 9.59 Å². The number of rotatable bonds is 2. The number of thiocarbonyl (C=S) groups is 2. The minimum Gasteiger partial charge on any atom is -0.355 e. The highest BCUT2D eigenvalue weighted by Crippen LogP contribution is 2.56. The monoisotopic (exact) mass is 1120 g/mol. The Morgan fingerprint density at radius 1 is 0.513 bits per heavy atom. The van der Waals surface area contributed by atoms with Crippen molar-refractivity contribution in [3.05, 3.63) is 103 Å². The number of fused-ring (bicyclic) bond motifs is 6. The van der Waals surface area contributed by atoms with E-state index in [1.54, 1.807) is 0 Å². The van der Waals surface area contributed by atoms with Crippen LogP contribution >= 0.6 is 59.2 Å². The van der Waals surface area contributed by atoms with Crippen LogP contribution in [0.2, 0.25) is 15.1 Å². The van der Waals surface area contributed by atoms with Crippen molar-refractivity contribution in [3.8, 4) is 0 Å². The Bertz CT molecular complexity index is 2750. The highest BCUT2D eigenvalue weighted by Gasteiger charge is 2.54. The van der Waals surface area contributed by atoms with Gasteiger partial charge in [-0.3, -0.25) is 4.90 Å². The van der Waals surface area contributed by atoms with Gasteiger partial charge in [-0.05, 0) is 200 Å². The number of halogens is 3. The lowest BCUT2D eigenvalue weighted by molar-refractivity contribution is -0.0125. The summed E-state index contributed by atoms with van der Waals surface area (Å²) in [4.78, 5) is 39.2. The number of urea groups is 2. The van der Waals surface area contributed by atoms with E-state index in [0.717, 1.165) is 156 Å². The van der Waals surface area contributed by atoms with Crippen molar-refractivity contribution in [2.75, 3.05) is 60.4 Å². The molecule has 17 rings (SSSR count). The number of benzene rings is 3. The zero-order chi connectivity index (χ0) is 52.4. The molecule has 0 radical (unpaired) electrons. The molecule has 0 unspecified atom stereocenters. The van der Waals surface area contributed by atoms with Gasteiger partial charge in [0.2, 0.25) is 0 Å². The van der Waals surface area contributed by atoms with E-state index in [-0.39, 0.29) is 28.7 Å². The first-order valence-electron chi connectivity index (χ1n) is 29.1. The van der Waals surface area contributed by atoms with Gasteiger partial charge in [-0.25, -0.2) is 9.59 Å². The molecule has 8 aliphatic carbocycles. The van der Waals surface area contributed by atoms with Crippen LogP contribution in [0.25, 0.3) is 0 Å². The van der Waals surface area contributed by atoms with Crippen LogP contribution < -0.4 is 16.0 Å². The van der Waals surface area contributed by atoms with Crippen molar-refractivity contribution >= 4 is 81.3 Å². The lowest BCUT2D eigenvalue weighted by Crippen LogP contribution is -2.59. The van der Waals surface area contributed by atoms with Gasteiger partial charge in [-0.2, -0.15) is 0 Å². The topological polar surface area (TPSA) is 86.4 Å². The molecule has 11 fully saturated rings. The molecule has 3 aromatic rings. The molecule has 15 heteroatoms. The van der Waals surface area contributed by atoms with Gasteiger partial charge < -0.3 is 35.6 Å². The van der Waals surface area contributed by atoms with Gasteiger partial charge in [0, 0.05) is 96.2 Å². The summed E-state index contributed by atoms with van der Waals surface area (Å²) >= 11 is 31.0. The molecule has 0 aromatic heterocycles. The minimum atomic E-state index is -0.176. The predicted octanol–water partition coefficient (Wildman–Crippen LogP) is 11.9. The molecule has 4 amide bonds. The molecule has 3 spiro atoms. The number of hydrogen-bond donors (Lipinski definition) is 3. The van der Waals surface area contributed by atoms with E-state index in [1.807, 2.05) is 35.2 Å². The molecule has 3 N–H and O–H groups in total. The van der Waals surface area contributed by atoms with E-state index in [4.69, 9.17) is 59.2 Å². The van der Waals surface area contributed by atoms with Crippen LogP contribution in [-0.2, 0) is 23.2 Å². The molecule has 0 atom stereocenters. The van der Waals surface area contributed by atoms with Crippen LogP contribution in [0, 0.1) is 47.3 Å². The Kier molecular flexibility index (Phi) is 13.8. The molecule has 8 bridgehead atoms. The number of hydrogen-bond acceptors (Lipinski definition) is 6. The molecule has 14 aliphatic rings. The Morgan fingerprint density at radius 2 is 0.882 bits per heavy atom. The highest BCUT2D eigenvalue weighted by atomic mass is 35.5. The second kappa shape index (κ2) is 20.1. The van der Waals surface area contributed by atoms with Crippen molar-refractivity contribution in [1.29, 1.82) is 0 Å². The summed E-state index contributed by atoms with van der Waals surface area (Å²) in [5, 5.41) is 12.9. The predicted molar refractivity (Wildman–Crippen MR) is 312 cm³/mol. The van der Waals surface area contributed by atoms with Crippen LogP contribution in [0.15, 0.2) is 54.6 Å². The molecule has 10 nitrogen and oxygen atoms in total. The van der Waals surface area contributed by atoms with E-state index in [9.17, 15) is 9.59 Å². The fourth-order valence-corrected chi connectivity index (χ4v) is 20.6. The Labute approximate surface area is 477 Å². The number of nitrogens with zero attached hydrogens (tertiary/aromatic N) is 5. The molecule has 406 valence electrons. The molecule has 6 aliphatic heterocycles. The van der Waals surface area contributed by atoms with Crippen molar-refractivity contribution in [2.45, 2.75) is 138 Å². The molecule has 76 heavy (non-hydrogen) atoms. The van der Waals surface area contributed by atoms with Crippen LogP contribution in [0.3, 0.4) is 0 Å². The van der Waals surface area contributed by atoms with Gasteiger partial charge >= 0.3 is 12.1 Å². The number of carbonyl (C=O) groups excluding carboxylic acids is 2. The number of nitrogens with one attached hydrogen (secondary N) is 3. The first-order valence-corrected chi connectivity index (χ1v) is 31.1. The van der Waals surface area contributed by atoms with Gasteiger partial charge in [-0.15, -0.1) is 0 Å². The number of piperidine rings is 3. The smallest absolute Gasteiger partial charge is 0.317 e. The average Bonchev–Trinajstić information content (AvgIpc) is 4.05. The van der Waals surface area contributed by atoms with Gasteiger partial charge in [-0.1, -0.05) is 95.6 Å². The van der Waals surface area contributed by atoms with Crippen molar-refractivity contribution in [2.24, 2.45) is 47.3 Å². The number of carbonyl (C=O) groups is 2. The maximum absolute atomic E-state index is 13.2. The third-order valence-corrected chi connectivity index (χ3v) is 24.2. The third kappa shape index (κ3) is 8.55. The quantitative estimate of drug-likeness (QED) is 0.219. The summed E-state index contributed by atoms with van der Waals surface area (Å²) in [5.74, 6) is 6.65. The summed E-state index contributed by atoms with van der Waals surface area (Å²) < 4.78 is 0. The summed E-state index contributed by atoms with van der Waals surface area (Å²) in [6.07, 6.45) is 19.4. The number of amides is 4. The number of likely N-dealkylation sites (tertiary alicyclic amines) is 2. The highest BCUT2D eigenvalue weighted by molar-refractivity contribution is 7.81. The summed E-state index contributed by atoms with van der Waals surface area (Å²) in [7, 11) is 6.40. The van der Waals surface area contributed by atoms with Gasteiger partial charge in [0.1, 0.15) is 9.98 Å². The zero-order valence-corrected chi connectivity index (χ0v) is 48.6. The average molecular weight is 1120 g/mol. The normalized spacial score (nSPS) is 33.2. The van der Waals surface area contributed by atoms with Gasteiger partial charge in [0.15, 0.2) is 0 Å². The molecule has 6 heterocycles. The van der Waals surface area contributed by atoms with E-state index in [0.29, 0.717) is 23.9 Å². The minimum absolute atomic E-state index is 0.00686. The molecule has 3 aromatic carbocycles. The standard InChI is InChI=1S/C24H30ClN3OS.C24H32ClN3O.C13H15ClN2S/c1-27-22(30)18-3-2-4-19(25)20(18)24(27)5-7-28(8-6-24)23(29)26-21-16-10-14-9-15(12-16)13-17(21)11-14;1-27-14-17-3-2-4-20(25)21(17)24(27)5-7-28(8-6-24)23(29)26-22-18-10-15-9-16(12-18)13-19(22)11-15;1-16-12(17)9-3-2-4-10(14)11(9)13(16)5-7-15-8-6-13/h2-4,14-17,21H,5-13H2,1H3,(H,26,29);2-4,15-16,18-19,22H,5-14H2,1H3,(H,26,29);2-4,15H,5-8H2,1H3. The summed E-state index contributed by atoms with van der Waals surface area (Å²) in [6, 6.07) is 19.5. The molecular formula is C61H77Cl3N8O2S2. The Morgan fingerprint density at radius 3 is 1.30 bits per heavy atom. The van der Waals surface area contributed by atoms with Gasteiger partial charge in [0.25, 0.3) is 0 Å². The van der Waals surface area contributed by atoms with Crippen molar-refractivity contribution < 1.29 is 9.59 Å². The third-order valence-electron chi connectivity index (χ3n) is 22.2. The molecular weight excluding hydrogens is 1050 g/mol. The van der Waals surface area contributed by atoms with Crippen molar-refractivity contribution in [3.63, 3.8) is 0 Å². The fourth-order valence-electron chi connectivity index (χ4n) is 18.8. The van der Waals surface area contributed by atoms with E-state index >= 15 is 0 Å². The largest absolute Gasteiger partial charge is 0.355 e. The zero-order valence-electron chi connectivity index (χ0n) is 44.7. The second-order valence-corrected chi connectivity index (χ2v) is 27.8. The maximum atomic E-state index is 13.2. The maximum Gasteiger partial charge on any atom is 0.317 e. The molecule has 3 saturated heterocycles. The SMILES string of the molecule is CN1C(=S)c2cccc(Cl)c2C12CCN(C(=O)NC1C3CC4CC(C3)CC1C4)CC2.CN1C(=S)c2cccc(Cl)c2C12CCNCC2.CN1Cc2cccc(Cl)c2C12CCN(C(=O)NC1C3CC4CC(C3)CC1C4)CC2. The van der Waals surface area contributed by atoms with E-state index < -0.39 is 0 Å². The van der Waals surface area contributed by atoms with Crippen LogP contribution in [0.5, 0.6) is 0 Å².